The molecule has 1 amide bonds. The molecule has 1 aromatic carbocycles. The molecule has 0 aliphatic heterocycles. The predicted octanol–water partition coefficient (Wildman–Crippen LogP) is 5.83. The van der Waals surface area contributed by atoms with Crippen LogP contribution in [0.5, 0.6) is 0 Å². The standard InChI is InChI=1S/C25H29N3O2/c1-7-8-18-9-16(4)10-23(29)21(18)13-27-25(30)20-11-19(26-6)12-22-24(20)17(5)14-28(22)15(2)3/h9,11-12,14-15H,7-8,10,13H2,1-5H3,(H,27,30). The van der Waals surface area contributed by atoms with Gasteiger partial charge >= 0.3 is 0 Å². The average Bonchev–Trinajstić information content (AvgIpc) is 3.03. The van der Waals surface area contributed by atoms with Crippen molar-refractivity contribution in [3.8, 4) is 0 Å². The fourth-order valence-corrected chi connectivity index (χ4v) is 4.19. The lowest BCUT2D eigenvalue weighted by molar-refractivity contribution is -0.115. The van der Waals surface area contributed by atoms with Crippen molar-refractivity contribution in [3.05, 3.63) is 63.7 Å². The topological polar surface area (TPSA) is 55.5 Å². The summed E-state index contributed by atoms with van der Waals surface area (Å²) in [5, 5.41) is 3.82. The first-order valence-electron chi connectivity index (χ1n) is 10.5. The summed E-state index contributed by atoms with van der Waals surface area (Å²) in [5.74, 6) is -0.168. The van der Waals surface area contributed by atoms with Crippen LogP contribution in [0.15, 0.2) is 41.1 Å². The molecule has 0 bridgehead atoms. The van der Waals surface area contributed by atoms with Crippen LogP contribution in [0.1, 0.15) is 68.9 Å². The number of nitrogens with one attached hydrogen (secondary N) is 1. The van der Waals surface area contributed by atoms with Crippen molar-refractivity contribution in [2.75, 3.05) is 6.54 Å². The number of rotatable bonds is 6. The molecule has 3 rings (SSSR count). The highest BCUT2D eigenvalue weighted by Gasteiger charge is 2.22. The van der Waals surface area contributed by atoms with Gasteiger partial charge in [-0.3, -0.25) is 9.59 Å². The molecule has 0 atom stereocenters. The first-order valence-corrected chi connectivity index (χ1v) is 10.5. The van der Waals surface area contributed by atoms with E-state index in [2.05, 4.69) is 41.6 Å². The van der Waals surface area contributed by atoms with Gasteiger partial charge < -0.3 is 9.88 Å². The van der Waals surface area contributed by atoms with Crippen molar-refractivity contribution in [1.29, 1.82) is 0 Å². The molecule has 0 saturated carbocycles. The second-order valence-corrected chi connectivity index (χ2v) is 8.34. The molecule has 1 aromatic heterocycles. The van der Waals surface area contributed by atoms with Crippen molar-refractivity contribution in [2.24, 2.45) is 0 Å². The lowest BCUT2D eigenvalue weighted by Crippen LogP contribution is -2.29. The summed E-state index contributed by atoms with van der Waals surface area (Å²) in [6.45, 7) is 17.9. The molecule has 2 aromatic rings. The van der Waals surface area contributed by atoms with E-state index in [4.69, 9.17) is 6.57 Å². The van der Waals surface area contributed by atoms with Gasteiger partial charge in [0.2, 0.25) is 0 Å². The smallest absolute Gasteiger partial charge is 0.250 e. The second-order valence-electron chi connectivity index (χ2n) is 8.34. The Balaban J connectivity index is 1.99. The minimum Gasteiger partial charge on any atom is -0.348 e. The summed E-state index contributed by atoms with van der Waals surface area (Å²) in [7, 11) is 0. The highest BCUT2D eigenvalue weighted by molar-refractivity contribution is 6.10. The number of Topliss-reactive ketones (excluding diaryl/α,β-unsaturated/α-hetero) is 1. The Kier molecular flexibility index (Phi) is 6.26. The number of nitrogens with zero attached hydrogens (tertiary/aromatic N) is 2. The van der Waals surface area contributed by atoms with Gasteiger partial charge in [0.15, 0.2) is 11.5 Å². The van der Waals surface area contributed by atoms with Crippen LogP contribution >= 0.6 is 0 Å². The molecule has 1 aliphatic carbocycles. The maximum atomic E-state index is 13.2. The summed E-state index contributed by atoms with van der Waals surface area (Å²) in [6.07, 6.45) is 6.28. The third kappa shape index (κ3) is 4.09. The normalized spacial score (nSPS) is 14.3. The number of allylic oxidation sites excluding steroid dienone is 3. The molecule has 156 valence electrons. The molecule has 1 N–H and O–H groups in total. The molecule has 5 heteroatoms. The largest absolute Gasteiger partial charge is 0.348 e. The number of ketones is 1. The van der Waals surface area contributed by atoms with Gasteiger partial charge in [-0.2, -0.15) is 0 Å². The summed E-state index contributed by atoms with van der Waals surface area (Å²) < 4.78 is 2.09. The zero-order valence-electron chi connectivity index (χ0n) is 18.4. The summed E-state index contributed by atoms with van der Waals surface area (Å²) >= 11 is 0. The first kappa shape index (κ1) is 21.6. The molecule has 5 nitrogen and oxygen atoms in total. The van der Waals surface area contributed by atoms with E-state index in [1.165, 1.54) is 0 Å². The van der Waals surface area contributed by atoms with Crippen molar-refractivity contribution in [3.63, 3.8) is 0 Å². The third-order valence-electron chi connectivity index (χ3n) is 5.57. The Labute approximate surface area is 178 Å². The number of aryl methyl sites for hydroxylation is 1. The number of carbonyl (C=O) groups excluding carboxylic acids is 2. The second kappa shape index (κ2) is 8.71. The molecular formula is C25H29N3O2. The quantitative estimate of drug-likeness (QED) is 0.617. The molecule has 0 unspecified atom stereocenters. The van der Waals surface area contributed by atoms with E-state index >= 15 is 0 Å². The number of hydrogen-bond acceptors (Lipinski definition) is 2. The maximum Gasteiger partial charge on any atom is 0.250 e. The predicted molar refractivity (Wildman–Crippen MR) is 121 cm³/mol. The summed E-state index contributed by atoms with van der Waals surface area (Å²) in [4.78, 5) is 29.3. The van der Waals surface area contributed by atoms with E-state index in [1.54, 1.807) is 6.07 Å². The van der Waals surface area contributed by atoms with Crippen molar-refractivity contribution < 1.29 is 9.59 Å². The minimum atomic E-state index is -0.252. The Morgan fingerprint density at radius 3 is 2.67 bits per heavy atom. The average molecular weight is 404 g/mol. The molecule has 1 heterocycles. The first-order chi connectivity index (χ1) is 14.3. The van der Waals surface area contributed by atoms with Crippen molar-refractivity contribution in [1.82, 2.24) is 9.88 Å². The molecule has 0 saturated heterocycles. The van der Waals surface area contributed by atoms with Crippen LogP contribution in [0.4, 0.5) is 5.69 Å². The number of aromatic nitrogens is 1. The molecule has 0 spiro atoms. The summed E-state index contributed by atoms with van der Waals surface area (Å²) in [6, 6.07) is 3.71. The number of amides is 1. The monoisotopic (exact) mass is 403 g/mol. The van der Waals surface area contributed by atoms with Crippen molar-refractivity contribution in [2.45, 2.75) is 59.9 Å². The molecule has 0 radical (unpaired) electrons. The number of carbonyl (C=O) groups is 2. The molecule has 1 aliphatic rings. The fourth-order valence-electron chi connectivity index (χ4n) is 4.19. The van der Waals surface area contributed by atoms with E-state index < -0.39 is 0 Å². The molecular weight excluding hydrogens is 374 g/mol. The van der Waals surface area contributed by atoms with Gasteiger partial charge in [0.25, 0.3) is 5.91 Å². The number of hydrogen-bond donors (Lipinski definition) is 1. The van der Waals surface area contributed by atoms with E-state index in [-0.39, 0.29) is 24.3 Å². The number of fused-ring (bicyclic) bond motifs is 1. The molecule has 30 heavy (non-hydrogen) atoms. The zero-order valence-corrected chi connectivity index (χ0v) is 18.4. The lowest BCUT2D eigenvalue weighted by Gasteiger charge is -2.18. The van der Waals surface area contributed by atoms with Gasteiger partial charge in [-0.1, -0.05) is 25.0 Å². The summed E-state index contributed by atoms with van der Waals surface area (Å²) in [5.41, 5.74) is 5.60. The van der Waals surface area contributed by atoms with Crippen LogP contribution in [-0.2, 0) is 4.79 Å². The van der Waals surface area contributed by atoms with Gasteiger partial charge in [-0.15, -0.1) is 0 Å². The SMILES string of the molecule is [C-]#[N+]c1cc(C(=O)NCC2=C(CCC)C=C(C)CC2=O)c2c(C)cn(C(C)C)c2c1. The highest BCUT2D eigenvalue weighted by Crippen LogP contribution is 2.32. The van der Waals surface area contributed by atoms with Gasteiger partial charge in [0.05, 0.1) is 6.57 Å². The highest BCUT2D eigenvalue weighted by atomic mass is 16.2. The lowest BCUT2D eigenvalue weighted by atomic mass is 9.89. The Morgan fingerprint density at radius 2 is 2.03 bits per heavy atom. The van der Waals surface area contributed by atoms with E-state index in [0.29, 0.717) is 23.2 Å². The Hall–Kier alpha value is -3.13. The van der Waals surface area contributed by atoms with Crippen molar-refractivity contribution >= 4 is 28.3 Å². The van der Waals surface area contributed by atoms with Gasteiger partial charge in [-0.05, 0) is 57.4 Å². The third-order valence-corrected chi connectivity index (χ3v) is 5.57. The van der Waals surface area contributed by atoms with E-state index in [0.717, 1.165) is 40.5 Å². The van der Waals surface area contributed by atoms with Crippen LogP contribution in [0.3, 0.4) is 0 Å². The maximum absolute atomic E-state index is 13.2. The van der Waals surface area contributed by atoms with Crippen LogP contribution in [-0.4, -0.2) is 22.8 Å². The zero-order chi connectivity index (χ0) is 22.0. The van der Waals surface area contributed by atoms with E-state index in [9.17, 15) is 9.59 Å². The van der Waals surface area contributed by atoms with Gasteiger partial charge in [-0.25, -0.2) is 4.85 Å². The molecule has 0 fully saturated rings. The van der Waals surface area contributed by atoms with Crippen LogP contribution in [0, 0.1) is 13.5 Å². The Morgan fingerprint density at radius 1 is 1.30 bits per heavy atom. The minimum absolute atomic E-state index is 0.0842. The van der Waals surface area contributed by atoms with Crippen LogP contribution in [0.2, 0.25) is 0 Å². The fraction of sp³-hybridized carbons (Fsp3) is 0.400. The van der Waals surface area contributed by atoms with Gasteiger partial charge in [0.1, 0.15) is 0 Å². The van der Waals surface area contributed by atoms with Crippen LogP contribution < -0.4 is 5.32 Å². The van der Waals surface area contributed by atoms with Gasteiger partial charge in [0, 0.05) is 47.2 Å². The van der Waals surface area contributed by atoms with Crippen LogP contribution in [0.25, 0.3) is 15.7 Å². The Bertz CT molecular complexity index is 1120. The number of benzene rings is 1. The van der Waals surface area contributed by atoms with E-state index in [1.807, 2.05) is 26.1 Å².